The lowest BCUT2D eigenvalue weighted by Crippen LogP contribution is -2.41. The summed E-state index contributed by atoms with van der Waals surface area (Å²) in [4.78, 5) is 85.3. The summed E-state index contributed by atoms with van der Waals surface area (Å²) in [6, 6.07) is -0.634. The van der Waals surface area contributed by atoms with Crippen LogP contribution >= 0.6 is 22.6 Å². The molecule has 17 heteroatoms. The number of hydrogen-bond donors (Lipinski definition) is 7. The first-order chi connectivity index (χ1) is 22.9. The fourth-order valence-electron chi connectivity index (χ4n) is 4.36. The van der Waals surface area contributed by atoms with Crippen LogP contribution in [0.5, 0.6) is 0 Å². The molecule has 0 bridgehead atoms. The number of nitrogens with zero attached hydrogens (tertiary/aromatic N) is 1. The van der Waals surface area contributed by atoms with Gasteiger partial charge in [-0.2, -0.15) is 0 Å². The second kappa shape index (κ2) is 25.0. The van der Waals surface area contributed by atoms with Crippen molar-refractivity contribution in [2.45, 2.75) is 102 Å². The third kappa shape index (κ3) is 21.0. The Morgan fingerprint density at radius 2 is 1.29 bits per heavy atom. The Hall–Kier alpha value is -4.03. The van der Waals surface area contributed by atoms with Crippen LogP contribution in [0.1, 0.15) is 100 Å². The predicted molar refractivity (Wildman–Crippen MR) is 180 cm³/mol. The van der Waals surface area contributed by atoms with Crippen molar-refractivity contribution in [3.05, 3.63) is 27.6 Å². The topological polar surface area (TPSA) is 250 Å². The van der Waals surface area contributed by atoms with Crippen molar-refractivity contribution in [3.8, 4) is 0 Å². The van der Waals surface area contributed by atoms with Gasteiger partial charge in [0.15, 0.2) is 0 Å². The normalized spacial score (nSPS) is 11.9. The minimum Gasteiger partial charge on any atom is -0.481 e. The van der Waals surface area contributed by atoms with Crippen molar-refractivity contribution >= 4 is 64.3 Å². The predicted octanol–water partition coefficient (Wildman–Crippen LogP) is 2.83. The number of carboxylic acids is 3. The van der Waals surface area contributed by atoms with Crippen molar-refractivity contribution in [1.29, 1.82) is 0 Å². The zero-order valence-corrected chi connectivity index (χ0v) is 29.0. The highest BCUT2D eigenvalue weighted by molar-refractivity contribution is 14.1. The van der Waals surface area contributed by atoms with Crippen LogP contribution in [0.2, 0.25) is 0 Å². The Morgan fingerprint density at radius 1 is 0.688 bits per heavy atom. The molecule has 1 aromatic heterocycles. The van der Waals surface area contributed by atoms with Gasteiger partial charge in [0.2, 0.25) is 11.8 Å². The standard InChI is InChI=1S/C31H46IN5O11/c32-22-18-21(19-33-20-22)28(42)35-16-8-6-10-23(29(43)44)36-26(39)12-5-2-1-4-11-25(38)34-15-7-3-9-17-48-31(47)37-24(30(45)46)13-14-27(40)41/h18-20,23-24H,1-17H2,(H,34,38)(H,35,42)(H,36,39)(H,37,47)(H,40,41)(H,43,44)(H,45,46)/t23?,24-/m0/s1/i32+4. The average Bonchev–Trinajstić information content (AvgIpc) is 3.02. The number of amides is 4. The summed E-state index contributed by atoms with van der Waals surface area (Å²) in [5.74, 6) is -4.32. The first-order valence-corrected chi connectivity index (χ1v) is 17.0. The number of aliphatic carboxylic acids is 3. The lowest BCUT2D eigenvalue weighted by molar-refractivity contribution is -0.142. The number of carboxylic acid groups (broad SMARTS) is 3. The van der Waals surface area contributed by atoms with Gasteiger partial charge in [-0.1, -0.05) is 12.8 Å². The van der Waals surface area contributed by atoms with E-state index < -0.39 is 42.5 Å². The van der Waals surface area contributed by atoms with Crippen LogP contribution in [-0.2, 0) is 28.7 Å². The smallest absolute Gasteiger partial charge is 0.407 e. The number of hydrogen-bond acceptors (Lipinski definition) is 9. The number of aromatic nitrogens is 1. The summed E-state index contributed by atoms with van der Waals surface area (Å²) in [5, 5.41) is 37.4. The van der Waals surface area contributed by atoms with E-state index in [4.69, 9.17) is 14.9 Å². The number of unbranched alkanes of at least 4 members (excludes halogenated alkanes) is 6. The van der Waals surface area contributed by atoms with Gasteiger partial charge in [-0.25, -0.2) is 14.4 Å². The Kier molecular flexibility index (Phi) is 21.9. The molecule has 1 aromatic rings. The Morgan fingerprint density at radius 3 is 1.94 bits per heavy atom. The Balaban J connectivity index is 2.05. The minimum atomic E-state index is -1.35. The summed E-state index contributed by atoms with van der Waals surface area (Å²) in [6.45, 7) is 0.875. The largest absolute Gasteiger partial charge is 0.481 e. The van der Waals surface area contributed by atoms with Crippen molar-refractivity contribution in [1.82, 2.24) is 26.3 Å². The molecule has 48 heavy (non-hydrogen) atoms. The van der Waals surface area contributed by atoms with Crippen molar-refractivity contribution in [2.24, 2.45) is 0 Å². The van der Waals surface area contributed by atoms with E-state index >= 15 is 0 Å². The number of alkyl carbamates (subject to hydrolysis) is 1. The molecular formula is C31H46IN5O11. The molecule has 4 amide bonds. The van der Waals surface area contributed by atoms with Gasteiger partial charge in [0.1, 0.15) is 12.1 Å². The molecule has 0 aliphatic rings. The monoisotopic (exact) mass is 795 g/mol. The number of halogens is 1. The zero-order valence-electron chi connectivity index (χ0n) is 26.8. The first kappa shape index (κ1) is 42.0. The van der Waals surface area contributed by atoms with Crippen LogP contribution in [0.3, 0.4) is 0 Å². The van der Waals surface area contributed by atoms with Crippen molar-refractivity contribution < 1.29 is 53.6 Å². The van der Waals surface area contributed by atoms with E-state index in [0.29, 0.717) is 76.4 Å². The number of carbonyl (C=O) groups excluding carboxylic acids is 4. The van der Waals surface area contributed by atoms with Gasteiger partial charge in [-0.05, 0) is 86.4 Å². The Bertz CT molecular complexity index is 1220. The molecule has 268 valence electrons. The summed E-state index contributed by atoms with van der Waals surface area (Å²) in [6.07, 6.45) is 7.84. The zero-order chi connectivity index (χ0) is 35.7. The number of rotatable bonds is 26. The molecule has 0 aliphatic carbocycles. The van der Waals surface area contributed by atoms with Crippen LogP contribution in [0, 0.1) is 3.57 Å². The molecule has 0 fully saturated rings. The third-order valence-corrected chi connectivity index (χ3v) is 7.57. The first-order valence-electron chi connectivity index (χ1n) is 15.9. The SMILES string of the molecule is O=C(O)CC[C@H](NC(=O)OCCCCCNC(=O)CCCCCCC(=O)NC(CCCCNC(=O)c1cncc([131I])c1)C(=O)O)C(=O)O. The molecule has 0 saturated carbocycles. The molecule has 16 nitrogen and oxygen atoms in total. The Labute approximate surface area is 292 Å². The van der Waals surface area contributed by atoms with Crippen LogP contribution in [-0.4, -0.2) is 93.8 Å². The molecule has 0 spiro atoms. The summed E-state index contributed by atoms with van der Waals surface area (Å²) in [7, 11) is 0. The van der Waals surface area contributed by atoms with E-state index in [1.807, 2.05) is 0 Å². The van der Waals surface area contributed by atoms with E-state index in [-0.39, 0.29) is 43.6 Å². The maximum absolute atomic E-state index is 12.2. The summed E-state index contributed by atoms with van der Waals surface area (Å²) in [5.41, 5.74) is 0.452. The lowest BCUT2D eigenvalue weighted by Gasteiger charge is -2.14. The lowest BCUT2D eigenvalue weighted by atomic mass is 10.1. The minimum absolute atomic E-state index is 0.0501. The fourth-order valence-corrected chi connectivity index (χ4v) is 4.85. The van der Waals surface area contributed by atoms with Gasteiger partial charge in [0.25, 0.3) is 5.91 Å². The van der Waals surface area contributed by atoms with Gasteiger partial charge in [-0.3, -0.25) is 24.2 Å². The van der Waals surface area contributed by atoms with Crippen LogP contribution in [0.4, 0.5) is 4.79 Å². The van der Waals surface area contributed by atoms with E-state index in [1.54, 1.807) is 12.3 Å². The van der Waals surface area contributed by atoms with Crippen LogP contribution < -0.4 is 21.3 Å². The second-order valence-corrected chi connectivity index (χ2v) is 12.3. The summed E-state index contributed by atoms with van der Waals surface area (Å²) < 4.78 is 5.76. The molecular weight excluding hydrogens is 749 g/mol. The highest BCUT2D eigenvalue weighted by Gasteiger charge is 2.22. The number of carbonyl (C=O) groups is 7. The third-order valence-electron chi connectivity index (χ3n) is 6.98. The number of ether oxygens (including phenoxy) is 1. The molecule has 7 N–H and O–H groups in total. The maximum Gasteiger partial charge on any atom is 0.407 e. The van der Waals surface area contributed by atoms with Gasteiger partial charge in [-0.15, -0.1) is 0 Å². The van der Waals surface area contributed by atoms with Gasteiger partial charge >= 0.3 is 24.0 Å². The highest BCUT2D eigenvalue weighted by atomic mass is 131. The van der Waals surface area contributed by atoms with Crippen LogP contribution in [0.25, 0.3) is 0 Å². The van der Waals surface area contributed by atoms with Crippen molar-refractivity contribution in [2.75, 3.05) is 19.7 Å². The van der Waals surface area contributed by atoms with Gasteiger partial charge < -0.3 is 41.3 Å². The highest BCUT2D eigenvalue weighted by Crippen LogP contribution is 2.08. The molecule has 1 unspecified atom stereocenters. The average molecular weight is 796 g/mol. The number of pyridine rings is 1. The van der Waals surface area contributed by atoms with E-state index in [0.717, 1.165) is 9.99 Å². The molecule has 0 aromatic carbocycles. The van der Waals surface area contributed by atoms with Crippen LogP contribution in [0.15, 0.2) is 18.5 Å². The van der Waals surface area contributed by atoms with E-state index in [2.05, 4.69) is 48.8 Å². The fraction of sp³-hybridized carbons (Fsp3) is 0.613. The number of nitrogens with one attached hydrogen (secondary N) is 4. The molecule has 0 saturated heterocycles. The molecule has 0 radical (unpaired) electrons. The molecule has 0 aliphatic heterocycles. The van der Waals surface area contributed by atoms with Gasteiger partial charge in [0, 0.05) is 48.3 Å². The van der Waals surface area contributed by atoms with Gasteiger partial charge in [0.05, 0.1) is 12.2 Å². The van der Waals surface area contributed by atoms with E-state index in [9.17, 15) is 38.7 Å². The van der Waals surface area contributed by atoms with Crippen molar-refractivity contribution in [3.63, 3.8) is 0 Å². The van der Waals surface area contributed by atoms with E-state index in [1.165, 1.54) is 6.20 Å². The quantitative estimate of drug-likeness (QED) is 0.0529. The molecule has 1 rings (SSSR count). The summed E-state index contributed by atoms with van der Waals surface area (Å²) >= 11 is 2.07. The molecule has 1 heterocycles. The second-order valence-electron chi connectivity index (χ2n) is 11.0. The maximum atomic E-state index is 12.2. The molecule has 2 atom stereocenters.